The molecular formula is C12H20BN3O2S. The van der Waals surface area contributed by atoms with Crippen LogP contribution in [0.1, 0.15) is 0 Å². The van der Waals surface area contributed by atoms with Gasteiger partial charge in [0.15, 0.2) is 0 Å². The zero-order valence-electron chi connectivity index (χ0n) is 10.6. The Hall–Kier alpha value is -1.21. The van der Waals surface area contributed by atoms with Gasteiger partial charge >= 0.3 is 0 Å². The van der Waals surface area contributed by atoms with Gasteiger partial charge < -0.3 is 9.80 Å². The van der Waals surface area contributed by atoms with Crippen LogP contribution >= 0.6 is 11.8 Å². The van der Waals surface area contributed by atoms with Crippen LogP contribution in [0.25, 0.3) is 0 Å². The van der Waals surface area contributed by atoms with Crippen LogP contribution in [0.3, 0.4) is 0 Å². The van der Waals surface area contributed by atoms with Gasteiger partial charge in [-0.25, -0.2) is 0 Å². The Morgan fingerprint density at radius 2 is 2.21 bits per heavy atom. The van der Waals surface area contributed by atoms with Crippen molar-refractivity contribution in [2.45, 2.75) is 4.90 Å². The first kappa shape index (κ1) is 15.9. The van der Waals surface area contributed by atoms with Crippen molar-refractivity contribution in [3.05, 3.63) is 28.3 Å². The van der Waals surface area contributed by atoms with Gasteiger partial charge in [-0.1, -0.05) is 0 Å². The van der Waals surface area contributed by atoms with E-state index in [0.29, 0.717) is 0 Å². The lowest BCUT2D eigenvalue weighted by atomic mass is 10.2. The quantitative estimate of drug-likeness (QED) is 0.466. The van der Waals surface area contributed by atoms with Crippen molar-refractivity contribution < 1.29 is 4.92 Å². The molecule has 1 aliphatic heterocycles. The highest BCUT2D eigenvalue weighted by Gasteiger charge is 2.20. The molecule has 5 nitrogen and oxygen atoms in total. The molecule has 1 aromatic rings. The van der Waals surface area contributed by atoms with Crippen LogP contribution in [-0.4, -0.2) is 57.7 Å². The number of hydrogen-bond donors (Lipinski definition) is 0. The molecule has 7 heteroatoms. The number of nitrogens with zero attached hydrogens (tertiary/aromatic N) is 3. The fourth-order valence-corrected chi connectivity index (χ4v) is 3.01. The van der Waals surface area contributed by atoms with Crippen molar-refractivity contribution in [1.82, 2.24) is 4.90 Å². The lowest BCUT2D eigenvalue weighted by molar-refractivity contribution is -0.385. The Labute approximate surface area is 119 Å². The molecule has 0 N–H and O–H groups in total. The minimum Gasteiger partial charge on any atom is -0.368 e. The molecule has 0 saturated heterocycles. The SMILES string of the molecule is B.CN(C)CCN1CCSc2cc([N+](=O)[O-])ccc21. The molecule has 0 spiro atoms. The number of rotatable bonds is 4. The zero-order valence-corrected chi connectivity index (χ0v) is 11.4. The third-order valence-corrected chi connectivity index (χ3v) is 3.96. The summed E-state index contributed by atoms with van der Waals surface area (Å²) in [6.45, 7) is 2.95. The molecule has 0 aliphatic carbocycles. The molecule has 19 heavy (non-hydrogen) atoms. The van der Waals surface area contributed by atoms with E-state index in [4.69, 9.17) is 0 Å². The molecule has 1 aliphatic rings. The van der Waals surface area contributed by atoms with E-state index in [1.807, 2.05) is 6.07 Å². The zero-order chi connectivity index (χ0) is 13.1. The number of likely N-dealkylation sites (N-methyl/N-ethyl adjacent to an activating group) is 1. The summed E-state index contributed by atoms with van der Waals surface area (Å²) in [6.07, 6.45) is 0. The van der Waals surface area contributed by atoms with E-state index >= 15 is 0 Å². The maximum absolute atomic E-state index is 10.8. The Bertz CT molecular complexity index is 457. The van der Waals surface area contributed by atoms with E-state index in [-0.39, 0.29) is 19.0 Å². The summed E-state index contributed by atoms with van der Waals surface area (Å²) in [4.78, 5) is 15.9. The number of non-ortho nitro benzene ring substituents is 1. The van der Waals surface area contributed by atoms with Gasteiger partial charge in [-0.2, -0.15) is 0 Å². The second-order valence-corrected chi connectivity index (χ2v) is 5.68. The lowest BCUT2D eigenvalue weighted by Crippen LogP contribution is -2.35. The van der Waals surface area contributed by atoms with Crippen molar-refractivity contribution in [3.63, 3.8) is 0 Å². The van der Waals surface area contributed by atoms with E-state index in [2.05, 4.69) is 23.9 Å². The molecule has 0 bridgehead atoms. The van der Waals surface area contributed by atoms with Crippen LogP contribution in [0.15, 0.2) is 23.1 Å². The summed E-state index contributed by atoms with van der Waals surface area (Å²) in [5.74, 6) is 0.988. The Balaban J connectivity index is 0.00000180. The number of benzene rings is 1. The molecule has 2 rings (SSSR count). The Kier molecular flexibility index (Phi) is 5.69. The van der Waals surface area contributed by atoms with E-state index in [0.717, 1.165) is 36.0 Å². The average molecular weight is 281 g/mol. The molecule has 0 aromatic heterocycles. The van der Waals surface area contributed by atoms with Gasteiger partial charge in [0.2, 0.25) is 0 Å². The van der Waals surface area contributed by atoms with Crippen molar-refractivity contribution in [2.75, 3.05) is 44.4 Å². The van der Waals surface area contributed by atoms with Crippen LogP contribution in [0.2, 0.25) is 0 Å². The van der Waals surface area contributed by atoms with E-state index < -0.39 is 0 Å². The van der Waals surface area contributed by atoms with Crippen molar-refractivity contribution in [1.29, 1.82) is 0 Å². The summed E-state index contributed by atoms with van der Waals surface area (Å²) >= 11 is 1.70. The van der Waals surface area contributed by atoms with Gasteiger partial charge in [0.25, 0.3) is 5.69 Å². The average Bonchev–Trinajstić information content (AvgIpc) is 2.35. The topological polar surface area (TPSA) is 49.6 Å². The van der Waals surface area contributed by atoms with Gasteiger partial charge in [0.05, 0.1) is 19.0 Å². The van der Waals surface area contributed by atoms with Crippen LogP contribution in [-0.2, 0) is 0 Å². The van der Waals surface area contributed by atoms with Crippen LogP contribution in [0.5, 0.6) is 0 Å². The summed E-state index contributed by atoms with van der Waals surface area (Å²) in [5, 5.41) is 10.8. The molecule has 0 amide bonds. The molecule has 0 fully saturated rings. The smallest absolute Gasteiger partial charge is 0.270 e. The van der Waals surface area contributed by atoms with E-state index in [1.165, 1.54) is 0 Å². The highest BCUT2D eigenvalue weighted by molar-refractivity contribution is 7.99. The van der Waals surface area contributed by atoms with Gasteiger partial charge in [-0.15, -0.1) is 11.8 Å². The van der Waals surface area contributed by atoms with Crippen molar-refractivity contribution in [3.8, 4) is 0 Å². The normalized spacial score (nSPS) is 13.9. The molecule has 0 unspecified atom stereocenters. The molecule has 0 saturated carbocycles. The Morgan fingerprint density at radius 3 is 2.84 bits per heavy atom. The van der Waals surface area contributed by atoms with Gasteiger partial charge in [0.1, 0.15) is 0 Å². The molecule has 104 valence electrons. The fourth-order valence-electron chi connectivity index (χ4n) is 1.93. The van der Waals surface area contributed by atoms with Gasteiger partial charge in [-0.3, -0.25) is 10.1 Å². The maximum atomic E-state index is 10.8. The highest BCUT2D eigenvalue weighted by Crippen LogP contribution is 2.36. The van der Waals surface area contributed by atoms with Crippen LogP contribution < -0.4 is 4.90 Å². The van der Waals surface area contributed by atoms with E-state index in [9.17, 15) is 10.1 Å². The van der Waals surface area contributed by atoms with Gasteiger partial charge in [0, 0.05) is 42.4 Å². The van der Waals surface area contributed by atoms with E-state index in [1.54, 1.807) is 23.9 Å². The maximum Gasteiger partial charge on any atom is 0.270 e. The summed E-state index contributed by atoms with van der Waals surface area (Å²) in [7, 11) is 4.10. The fraction of sp³-hybridized carbons (Fsp3) is 0.500. The summed E-state index contributed by atoms with van der Waals surface area (Å²) in [5.41, 5.74) is 1.30. The molecule has 0 atom stereocenters. The number of fused-ring (bicyclic) bond motifs is 1. The molecule has 1 aromatic carbocycles. The molecule has 1 heterocycles. The molecule has 0 radical (unpaired) electrons. The monoisotopic (exact) mass is 281 g/mol. The number of nitro groups is 1. The van der Waals surface area contributed by atoms with Crippen LogP contribution in [0.4, 0.5) is 11.4 Å². The molecular weight excluding hydrogens is 261 g/mol. The predicted molar refractivity (Wildman–Crippen MR) is 84.5 cm³/mol. The standard InChI is InChI=1S/C12H17N3O2S.BH3/c1-13(2)5-6-14-7-8-18-12-9-10(15(16)17)3-4-11(12)14;/h3-4,9H,5-8H2,1-2H3;1H3. The van der Waals surface area contributed by atoms with Crippen molar-refractivity contribution in [2.24, 2.45) is 0 Å². The minimum absolute atomic E-state index is 0. The lowest BCUT2D eigenvalue weighted by Gasteiger charge is -2.31. The largest absolute Gasteiger partial charge is 0.368 e. The predicted octanol–water partition coefficient (Wildman–Crippen LogP) is 0.885. The minimum atomic E-state index is -0.334. The first-order valence-corrected chi connectivity index (χ1v) is 6.87. The number of anilines is 1. The first-order valence-electron chi connectivity index (χ1n) is 5.89. The first-order chi connectivity index (χ1) is 8.58. The summed E-state index contributed by atoms with van der Waals surface area (Å²) < 4.78 is 0. The summed E-state index contributed by atoms with van der Waals surface area (Å²) in [6, 6.07) is 5.14. The highest BCUT2D eigenvalue weighted by atomic mass is 32.2. The second kappa shape index (κ2) is 6.82. The Morgan fingerprint density at radius 1 is 1.47 bits per heavy atom. The van der Waals surface area contributed by atoms with Gasteiger partial charge in [-0.05, 0) is 20.2 Å². The number of nitro benzene ring substituents is 1. The third kappa shape index (κ3) is 3.88. The second-order valence-electron chi connectivity index (χ2n) is 4.55. The number of hydrogen-bond acceptors (Lipinski definition) is 5. The third-order valence-electron chi connectivity index (χ3n) is 2.93. The van der Waals surface area contributed by atoms with Crippen LogP contribution in [0, 0.1) is 10.1 Å². The number of thioether (sulfide) groups is 1. The van der Waals surface area contributed by atoms with Crippen molar-refractivity contribution >= 4 is 31.5 Å².